The van der Waals surface area contributed by atoms with Crippen LogP contribution in [-0.2, 0) is 19.5 Å². The fourth-order valence-electron chi connectivity index (χ4n) is 3.80. The highest BCUT2D eigenvalue weighted by molar-refractivity contribution is 5.80. The van der Waals surface area contributed by atoms with Crippen LogP contribution in [0.15, 0.2) is 84.2 Å². The summed E-state index contributed by atoms with van der Waals surface area (Å²) in [6, 6.07) is 21.1. The largest absolute Gasteiger partial charge is 0.356 e. The van der Waals surface area contributed by atoms with Gasteiger partial charge in [-0.2, -0.15) is 0 Å². The molecule has 0 saturated heterocycles. The minimum atomic E-state index is 0.785. The van der Waals surface area contributed by atoms with Crippen molar-refractivity contribution in [2.75, 3.05) is 20.1 Å². The van der Waals surface area contributed by atoms with Gasteiger partial charge in [0.05, 0.1) is 0 Å². The molecule has 0 amide bonds. The first-order valence-electron chi connectivity index (χ1n) is 10.9. The smallest absolute Gasteiger partial charge is 0.190 e. The number of hydrogen-bond acceptors (Lipinski definition) is 2. The van der Waals surface area contributed by atoms with E-state index < -0.39 is 0 Å². The molecule has 2 aromatic carbocycles. The van der Waals surface area contributed by atoms with Crippen LogP contribution in [0.4, 0.5) is 0 Å². The number of fused-ring (bicyclic) bond motifs is 1. The van der Waals surface area contributed by atoms with Gasteiger partial charge in [-0.25, -0.2) is 4.98 Å². The van der Waals surface area contributed by atoms with E-state index in [1.54, 1.807) is 0 Å². The number of benzene rings is 2. The third-order valence-corrected chi connectivity index (χ3v) is 5.41. The van der Waals surface area contributed by atoms with Crippen LogP contribution in [0.1, 0.15) is 17.8 Å². The Morgan fingerprint density at radius 3 is 2.58 bits per heavy atom. The van der Waals surface area contributed by atoms with Crippen LogP contribution in [0.25, 0.3) is 10.9 Å². The molecule has 6 nitrogen and oxygen atoms in total. The summed E-state index contributed by atoms with van der Waals surface area (Å²) in [6.45, 7) is 3.48. The van der Waals surface area contributed by atoms with Crippen molar-refractivity contribution in [3.8, 4) is 0 Å². The van der Waals surface area contributed by atoms with Crippen molar-refractivity contribution in [2.24, 2.45) is 4.99 Å². The van der Waals surface area contributed by atoms with Gasteiger partial charge in [-0.15, -0.1) is 0 Å². The van der Waals surface area contributed by atoms with Crippen LogP contribution in [0.2, 0.25) is 0 Å². The first-order chi connectivity index (χ1) is 15.3. The number of guanidine groups is 1. The number of imidazole rings is 1. The minimum Gasteiger partial charge on any atom is -0.356 e. The maximum absolute atomic E-state index is 4.52. The Hall–Kier alpha value is -3.54. The molecule has 6 heteroatoms. The molecule has 0 bridgehead atoms. The van der Waals surface area contributed by atoms with E-state index in [-0.39, 0.29) is 0 Å². The molecule has 0 aliphatic rings. The molecule has 0 spiro atoms. The van der Waals surface area contributed by atoms with Crippen molar-refractivity contribution < 1.29 is 0 Å². The Labute approximate surface area is 183 Å². The van der Waals surface area contributed by atoms with E-state index in [4.69, 9.17) is 0 Å². The quantitative estimate of drug-likeness (QED) is 0.250. The highest BCUT2D eigenvalue weighted by Gasteiger charge is 2.05. The van der Waals surface area contributed by atoms with Crippen LogP contribution in [0, 0.1) is 0 Å². The van der Waals surface area contributed by atoms with Crippen molar-refractivity contribution in [3.05, 3.63) is 90.6 Å². The zero-order valence-corrected chi connectivity index (χ0v) is 18.0. The van der Waals surface area contributed by atoms with Gasteiger partial charge in [-0.3, -0.25) is 4.99 Å². The maximum Gasteiger partial charge on any atom is 0.190 e. The topological polar surface area (TPSA) is 59.2 Å². The average molecular weight is 415 g/mol. The van der Waals surface area contributed by atoms with Gasteiger partial charge in [-0.1, -0.05) is 48.5 Å². The number of para-hydroxylation sites is 1. The molecule has 0 aliphatic heterocycles. The van der Waals surface area contributed by atoms with E-state index in [2.05, 4.69) is 90.5 Å². The second-order valence-corrected chi connectivity index (χ2v) is 7.55. The summed E-state index contributed by atoms with van der Waals surface area (Å²) in [5.74, 6) is 1.91. The van der Waals surface area contributed by atoms with E-state index in [0.29, 0.717) is 0 Å². The van der Waals surface area contributed by atoms with Gasteiger partial charge < -0.3 is 19.8 Å². The Kier molecular flexibility index (Phi) is 7.00. The Balaban J connectivity index is 1.19. The van der Waals surface area contributed by atoms with Crippen molar-refractivity contribution in [2.45, 2.75) is 25.9 Å². The Morgan fingerprint density at radius 2 is 1.71 bits per heavy atom. The number of rotatable bonds is 9. The van der Waals surface area contributed by atoms with Gasteiger partial charge in [0, 0.05) is 63.8 Å². The predicted octanol–water partition coefficient (Wildman–Crippen LogP) is 3.68. The Bertz CT molecular complexity index is 1110. The number of aliphatic imine (C=N–C) groups is 1. The molecule has 0 unspecified atom stereocenters. The fraction of sp³-hybridized carbons (Fsp3) is 0.280. The molecule has 2 N–H and O–H groups in total. The highest BCUT2D eigenvalue weighted by atomic mass is 15.2. The minimum absolute atomic E-state index is 0.785. The zero-order chi connectivity index (χ0) is 21.3. The summed E-state index contributed by atoms with van der Waals surface area (Å²) in [6.07, 6.45) is 7.95. The first-order valence-corrected chi connectivity index (χ1v) is 10.9. The summed E-state index contributed by atoms with van der Waals surface area (Å²) < 4.78 is 4.51. The van der Waals surface area contributed by atoms with Crippen LogP contribution < -0.4 is 10.6 Å². The zero-order valence-electron chi connectivity index (χ0n) is 18.0. The molecule has 4 aromatic rings. The van der Waals surface area contributed by atoms with E-state index in [1.165, 1.54) is 16.5 Å². The maximum atomic E-state index is 4.52. The third-order valence-electron chi connectivity index (χ3n) is 5.41. The summed E-state index contributed by atoms with van der Waals surface area (Å²) in [7, 11) is 1.81. The van der Waals surface area contributed by atoms with Gasteiger partial charge in [0.1, 0.15) is 5.82 Å². The van der Waals surface area contributed by atoms with Gasteiger partial charge in [0.15, 0.2) is 5.96 Å². The van der Waals surface area contributed by atoms with Gasteiger partial charge in [0.25, 0.3) is 0 Å². The van der Waals surface area contributed by atoms with Crippen LogP contribution >= 0.6 is 0 Å². The normalized spacial score (nSPS) is 11.7. The molecule has 0 atom stereocenters. The molecular formula is C25H30N6. The van der Waals surface area contributed by atoms with E-state index in [9.17, 15) is 0 Å². The Morgan fingerprint density at radius 1 is 0.903 bits per heavy atom. The second kappa shape index (κ2) is 10.5. The molecule has 31 heavy (non-hydrogen) atoms. The van der Waals surface area contributed by atoms with Gasteiger partial charge in [-0.05, 0) is 29.5 Å². The van der Waals surface area contributed by atoms with Crippen molar-refractivity contribution in [1.82, 2.24) is 24.8 Å². The lowest BCUT2D eigenvalue weighted by molar-refractivity contribution is 0.638. The van der Waals surface area contributed by atoms with Gasteiger partial charge >= 0.3 is 0 Å². The monoisotopic (exact) mass is 414 g/mol. The standard InChI is InChI=1S/C25H30N6/c1-26-25(28-14-7-17-30-18-13-22-10-5-6-11-23(22)30)29-15-12-24-27-16-19-31(24)20-21-8-3-2-4-9-21/h2-6,8-11,13,16,18-19H,7,12,14-15,17,20H2,1H3,(H2,26,28,29). The van der Waals surface area contributed by atoms with Crippen LogP contribution in [-0.4, -0.2) is 40.2 Å². The molecule has 0 saturated carbocycles. The number of aromatic nitrogens is 3. The highest BCUT2D eigenvalue weighted by Crippen LogP contribution is 2.15. The SMILES string of the molecule is CN=C(NCCCn1ccc2ccccc21)NCCc1nccn1Cc1ccccc1. The second-order valence-electron chi connectivity index (χ2n) is 7.55. The summed E-state index contributed by atoms with van der Waals surface area (Å²) >= 11 is 0. The molecule has 2 aromatic heterocycles. The lowest BCUT2D eigenvalue weighted by Crippen LogP contribution is -2.39. The summed E-state index contributed by atoms with van der Waals surface area (Å²) in [5.41, 5.74) is 2.57. The fourth-order valence-corrected chi connectivity index (χ4v) is 3.80. The summed E-state index contributed by atoms with van der Waals surface area (Å²) in [5, 5.41) is 8.10. The molecule has 160 valence electrons. The molecule has 4 rings (SSSR count). The molecule has 0 fully saturated rings. The van der Waals surface area contributed by atoms with Crippen molar-refractivity contribution in [1.29, 1.82) is 0 Å². The molecule has 0 aliphatic carbocycles. The third kappa shape index (κ3) is 5.54. The van der Waals surface area contributed by atoms with Crippen LogP contribution in [0.5, 0.6) is 0 Å². The number of nitrogens with one attached hydrogen (secondary N) is 2. The van der Waals surface area contributed by atoms with E-state index in [0.717, 1.165) is 50.8 Å². The number of aryl methyl sites for hydroxylation is 1. The van der Waals surface area contributed by atoms with E-state index >= 15 is 0 Å². The molecular weight excluding hydrogens is 384 g/mol. The lowest BCUT2D eigenvalue weighted by atomic mass is 10.2. The number of hydrogen-bond donors (Lipinski definition) is 2. The van der Waals surface area contributed by atoms with E-state index in [1.807, 2.05) is 25.5 Å². The van der Waals surface area contributed by atoms with Gasteiger partial charge in [0.2, 0.25) is 0 Å². The van der Waals surface area contributed by atoms with Crippen molar-refractivity contribution in [3.63, 3.8) is 0 Å². The number of nitrogens with zero attached hydrogens (tertiary/aromatic N) is 4. The average Bonchev–Trinajstić information content (AvgIpc) is 3.43. The predicted molar refractivity (Wildman–Crippen MR) is 127 cm³/mol. The van der Waals surface area contributed by atoms with Crippen molar-refractivity contribution >= 4 is 16.9 Å². The summed E-state index contributed by atoms with van der Waals surface area (Å²) in [4.78, 5) is 8.87. The van der Waals surface area contributed by atoms with Crippen LogP contribution in [0.3, 0.4) is 0 Å². The molecule has 2 heterocycles. The molecule has 0 radical (unpaired) electrons. The first kappa shape index (κ1) is 20.7. The lowest BCUT2D eigenvalue weighted by Gasteiger charge is -2.13.